The minimum atomic E-state index is -4.23. The van der Waals surface area contributed by atoms with Crippen LogP contribution in [0.5, 0.6) is 5.75 Å². The number of nitrogens with one attached hydrogen (secondary N) is 1. The fourth-order valence-electron chi connectivity index (χ4n) is 4.00. The largest absolute Gasteiger partial charge is 0.495 e. The molecule has 0 aliphatic heterocycles. The molecule has 0 radical (unpaired) electrons. The van der Waals surface area contributed by atoms with E-state index in [4.69, 9.17) is 4.74 Å². The molecule has 0 saturated heterocycles. The molecular formula is C29H34FN3O5S. The summed E-state index contributed by atoms with van der Waals surface area (Å²) in [5.41, 5.74) is 0.358. The molecular weight excluding hydrogens is 521 g/mol. The summed E-state index contributed by atoms with van der Waals surface area (Å²) in [5.74, 6) is -1.38. The minimum absolute atomic E-state index is 0.0188. The van der Waals surface area contributed by atoms with Gasteiger partial charge in [-0.3, -0.25) is 13.9 Å². The van der Waals surface area contributed by atoms with Crippen LogP contribution in [0.2, 0.25) is 0 Å². The summed E-state index contributed by atoms with van der Waals surface area (Å²) in [6.45, 7) is 3.09. The number of para-hydroxylation sites is 2. The fraction of sp³-hybridized carbons (Fsp3) is 0.310. The van der Waals surface area contributed by atoms with Gasteiger partial charge in [0.2, 0.25) is 11.8 Å². The van der Waals surface area contributed by atoms with Gasteiger partial charge in [-0.2, -0.15) is 0 Å². The Morgan fingerprint density at radius 2 is 1.62 bits per heavy atom. The lowest BCUT2D eigenvalue weighted by atomic mass is 10.1. The SMILES string of the molecule is CCCCNC(=O)[C@H](C)N(Cc1ccccc1F)C(=O)CN(c1ccccc1OC)S(=O)(=O)c1ccccc1. The lowest BCUT2D eigenvalue weighted by molar-refractivity contribution is -0.139. The number of ether oxygens (including phenoxy) is 1. The van der Waals surface area contributed by atoms with Gasteiger partial charge in [0.15, 0.2) is 0 Å². The first-order valence-electron chi connectivity index (χ1n) is 12.7. The molecule has 3 aromatic carbocycles. The van der Waals surface area contributed by atoms with Crippen LogP contribution in [0, 0.1) is 5.82 Å². The lowest BCUT2D eigenvalue weighted by Gasteiger charge is -2.32. The zero-order valence-electron chi connectivity index (χ0n) is 22.3. The molecule has 2 amide bonds. The summed E-state index contributed by atoms with van der Waals surface area (Å²) in [4.78, 5) is 28.0. The highest BCUT2D eigenvalue weighted by Gasteiger charge is 2.33. The molecule has 0 aliphatic carbocycles. The molecule has 0 aromatic heterocycles. The smallest absolute Gasteiger partial charge is 0.264 e. The van der Waals surface area contributed by atoms with Crippen molar-refractivity contribution in [3.05, 3.63) is 90.2 Å². The first kappa shape index (κ1) is 29.6. The zero-order valence-corrected chi connectivity index (χ0v) is 23.2. The Morgan fingerprint density at radius 3 is 2.28 bits per heavy atom. The average molecular weight is 556 g/mol. The van der Waals surface area contributed by atoms with Crippen LogP contribution in [-0.4, -0.2) is 51.4 Å². The number of methoxy groups -OCH3 is 1. The van der Waals surface area contributed by atoms with Crippen LogP contribution in [0.15, 0.2) is 83.8 Å². The second kappa shape index (κ2) is 13.7. The number of amides is 2. The number of benzene rings is 3. The molecule has 3 aromatic rings. The number of carbonyl (C=O) groups excluding carboxylic acids is 2. The minimum Gasteiger partial charge on any atom is -0.495 e. The summed E-state index contributed by atoms with van der Waals surface area (Å²) >= 11 is 0. The molecule has 0 aliphatic rings. The van der Waals surface area contributed by atoms with E-state index in [0.29, 0.717) is 6.54 Å². The monoisotopic (exact) mass is 555 g/mol. The topological polar surface area (TPSA) is 96.0 Å². The normalized spacial score (nSPS) is 11.9. The van der Waals surface area contributed by atoms with Gasteiger partial charge in [0.25, 0.3) is 10.0 Å². The van der Waals surface area contributed by atoms with E-state index in [1.165, 1.54) is 48.4 Å². The van der Waals surface area contributed by atoms with Crippen molar-refractivity contribution in [2.24, 2.45) is 0 Å². The van der Waals surface area contributed by atoms with Gasteiger partial charge in [0.1, 0.15) is 24.2 Å². The number of unbranched alkanes of at least 4 members (excludes halogenated alkanes) is 1. The molecule has 0 spiro atoms. The molecule has 1 N–H and O–H groups in total. The van der Waals surface area contributed by atoms with E-state index < -0.39 is 40.2 Å². The Labute approximate surface area is 229 Å². The second-order valence-corrected chi connectivity index (χ2v) is 10.8. The van der Waals surface area contributed by atoms with E-state index in [2.05, 4.69) is 5.32 Å². The molecule has 0 saturated carbocycles. The molecule has 39 heavy (non-hydrogen) atoms. The number of carbonyl (C=O) groups is 2. The Morgan fingerprint density at radius 1 is 0.974 bits per heavy atom. The third kappa shape index (κ3) is 7.35. The summed E-state index contributed by atoms with van der Waals surface area (Å²) in [6, 6.07) is 19.1. The van der Waals surface area contributed by atoms with Gasteiger partial charge in [-0.25, -0.2) is 12.8 Å². The van der Waals surface area contributed by atoms with Crippen molar-refractivity contribution < 1.29 is 27.1 Å². The van der Waals surface area contributed by atoms with E-state index in [1.807, 2.05) is 6.92 Å². The Balaban J connectivity index is 2.03. The van der Waals surface area contributed by atoms with Crippen molar-refractivity contribution in [2.75, 3.05) is 24.5 Å². The predicted molar refractivity (Wildman–Crippen MR) is 148 cm³/mol. The molecule has 208 valence electrons. The number of anilines is 1. The van der Waals surface area contributed by atoms with E-state index >= 15 is 0 Å². The van der Waals surface area contributed by atoms with Crippen LogP contribution in [-0.2, 0) is 26.2 Å². The second-order valence-electron chi connectivity index (χ2n) is 8.93. The van der Waals surface area contributed by atoms with Crippen molar-refractivity contribution in [2.45, 2.75) is 44.2 Å². The number of hydrogen-bond donors (Lipinski definition) is 1. The predicted octanol–water partition coefficient (Wildman–Crippen LogP) is 4.36. The van der Waals surface area contributed by atoms with Gasteiger partial charge in [-0.05, 0) is 43.7 Å². The maximum atomic E-state index is 14.6. The molecule has 3 rings (SSSR count). The number of hydrogen-bond acceptors (Lipinski definition) is 5. The highest BCUT2D eigenvalue weighted by Crippen LogP contribution is 2.32. The van der Waals surface area contributed by atoms with E-state index in [-0.39, 0.29) is 28.4 Å². The van der Waals surface area contributed by atoms with E-state index in [1.54, 1.807) is 49.4 Å². The number of sulfonamides is 1. The average Bonchev–Trinajstić information content (AvgIpc) is 2.95. The van der Waals surface area contributed by atoms with Crippen LogP contribution in [0.3, 0.4) is 0 Å². The van der Waals surface area contributed by atoms with E-state index in [0.717, 1.165) is 17.1 Å². The molecule has 8 nitrogen and oxygen atoms in total. The highest BCUT2D eigenvalue weighted by atomic mass is 32.2. The summed E-state index contributed by atoms with van der Waals surface area (Å²) in [7, 11) is -2.82. The van der Waals surface area contributed by atoms with Gasteiger partial charge in [0.05, 0.1) is 17.7 Å². The van der Waals surface area contributed by atoms with Gasteiger partial charge < -0.3 is 15.0 Å². The van der Waals surface area contributed by atoms with Crippen LogP contribution in [0.4, 0.5) is 10.1 Å². The van der Waals surface area contributed by atoms with Crippen molar-refractivity contribution >= 4 is 27.5 Å². The third-order valence-corrected chi connectivity index (χ3v) is 8.03. The standard InChI is InChI=1S/C29H34FN3O5S/c1-4-5-19-31-29(35)22(2)32(20-23-13-9-10-16-25(23)30)28(34)21-33(26-17-11-12-18-27(26)38-3)39(36,37)24-14-7-6-8-15-24/h6-18,22H,4-5,19-21H2,1-3H3,(H,31,35)/t22-/m0/s1. The van der Waals surface area contributed by atoms with Crippen LogP contribution in [0.1, 0.15) is 32.3 Å². The number of nitrogens with zero attached hydrogens (tertiary/aromatic N) is 2. The van der Waals surface area contributed by atoms with Crippen LogP contribution >= 0.6 is 0 Å². The first-order valence-corrected chi connectivity index (χ1v) is 14.2. The van der Waals surface area contributed by atoms with Gasteiger partial charge in [0, 0.05) is 18.7 Å². The van der Waals surface area contributed by atoms with E-state index in [9.17, 15) is 22.4 Å². The Bertz CT molecular complexity index is 1370. The molecule has 1 atom stereocenters. The maximum absolute atomic E-state index is 14.6. The Hall–Kier alpha value is -3.92. The highest BCUT2D eigenvalue weighted by molar-refractivity contribution is 7.92. The van der Waals surface area contributed by atoms with Crippen molar-refractivity contribution in [1.82, 2.24) is 10.2 Å². The lowest BCUT2D eigenvalue weighted by Crippen LogP contribution is -2.51. The maximum Gasteiger partial charge on any atom is 0.264 e. The molecule has 0 heterocycles. The number of rotatable bonds is 13. The molecule has 10 heteroatoms. The van der Waals surface area contributed by atoms with Gasteiger partial charge in [-0.15, -0.1) is 0 Å². The quantitative estimate of drug-likeness (QED) is 0.316. The van der Waals surface area contributed by atoms with Gasteiger partial charge >= 0.3 is 0 Å². The summed E-state index contributed by atoms with van der Waals surface area (Å²) in [5, 5.41) is 2.80. The summed E-state index contributed by atoms with van der Waals surface area (Å²) in [6.07, 6.45) is 1.63. The molecule has 0 fully saturated rings. The zero-order chi connectivity index (χ0) is 28.4. The Kier molecular flexibility index (Phi) is 10.4. The van der Waals surface area contributed by atoms with Crippen LogP contribution < -0.4 is 14.4 Å². The molecule has 0 bridgehead atoms. The summed E-state index contributed by atoms with van der Waals surface area (Å²) < 4.78 is 48.6. The third-order valence-electron chi connectivity index (χ3n) is 6.26. The molecule has 0 unspecified atom stereocenters. The fourth-order valence-corrected chi connectivity index (χ4v) is 5.44. The number of halogens is 1. The van der Waals surface area contributed by atoms with Crippen LogP contribution in [0.25, 0.3) is 0 Å². The van der Waals surface area contributed by atoms with Crippen molar-refractivity contribution in [3.8, 4) is 5.75 Å². The van der Waals surface area contributed by atoms with Crippen molar-refractivity contribution in [3.63, 3.8) is 0 Å². The first-order chi connectivity index (χ1) is 18.7. The van der Waals surface area contributed by atoms with Crippen molar-refractivity contribution in [1.29, 1.82) is 0 Å². The van der Waals surface area contributed by atoms with Gasteiger partial charge in [-0.1, -0.05) is 61.9 Å².